The van der Waals surface area contributed by atoms with Crippen LogP contribution in [0.5, 0.6) is 17.2 Å². The van der Waals surface area contributed by atoms with Gasteiger partial charge in [0.25, 0.3) is 0 Å². The Kier molecular flexibility index (Phi) is 21.3. The van der Waals surface area contributed by atoms with Crippen LogP contribution in [0.2, 0.25) is 0 Å². The van der Waals surface area contributed by atoms with E-state index in [1.807, 2.05) is 0 Å². The molecule has 0 atom stereocenters. The van der Waals surface area contributed by atoms with E-state index in [-0.39, 0.29) is 0 Å². The number of aldehydes is 1. The van der Waals surface area contributed by atoms with Crippen LogP contribution in [0.15, 0.2) is 12.1 Å². The third-order valence-electron chi connectivity index (χ3n) is 6.93. The Bertz CT molecular complexity index is 643. The molecule has 4 heteroatoms. The van der Waals surface area contributed by atoms with E-state index in [4.69, 9.17) is 14.2 Å². The van der Waals surface area contributed by atoms with Crippen LogP contribution in [-0.4, -0.2) is 26.6 Å². The summed E-state index contributed by atoms with van der Waals surface area (Å²) in [6.45, 7) is 5.79. The fourth-order valence-electron chi connectivity index (χ4n) is 4.59. The van der Waals surface area contributed by atoms with Crippen molar-refractivity contribution in [2.24, 2.45) is 0 Å². The minimum atomic E-state index is 0.529. The summed E-state index contributed by atoms with van der Waals surface area (Å²) >= 11 is 0. The van der Waals surface area contributed by atoms with E-state index in [9.17, 15) is 4.79 Å². The van der Waals surface area contributed by atoms with Gasteiger partial charge in [-0.25, -0.2) is 0 Å². The number of hydrogen-bond acceptors (Lipinski definition) is 4. The van der Waals surface area contributed by atoms with Crippen molar-refractivity contribution < 1.29 is 19.0 Å². The second kappa shape index (κ2) is 23.7. The Hall–Kier alpha value is -1.71. The first-order valence-electron chi connectivity index (χ1n) is 15.2. The highest BCUT2D eigenvalue weighted by Gasteiger charge is 2.13. The maximum absolute atomic E-state index is 11.7. The van der Waals surface area contributed by atoms with Crippen molar-refractivity contribution >= 4 is 6.29 Å². The molecule has 36 heavy (non-hydrogen) atoms. The molecule has 0 aromatic heterocycles. The highest BCUT2D eigenvalue weighted by Crippen LogP contribution is 2.34. The van der Waals surface area contributed by atoms with Crippen LogP contribution in [0, 0.1) is 0 Å². The van der Waals surface area contributed by atoms with Crippen LogP contribution in [0.1, 0.15) is 153 Å². The first-order valence-corrected chi connectivity index (χ1v) is 15.2. The third-order valence-corrected chi connectivity index (χ3v) is 6.93. The Morgan fingerprint density at radius 2 is 0.917 bits per heavy atom. The van der Waals surface area contributed by atoms with Gasteiger partial charge >= 0.3 is 0 Å². The lowest BCUT2D eigenvalue weighted by Crippen LogP contribution is -2.04. The van der Waals surface area contributed by atoms with Crippen LogP contribution in [0.3, 0.4) is 0 Å². The van der Waals surface area contributed by atoms with E-state index < -0.39 is 0 Å². The second-order valence-corrected chi connectivity index (χ2v) is 10.2. The van der Waals surface area contributed by atoms with E-state index in [0.29, 0.717) is 36.0 Å². The first-order chi connectivity index (χ1) is 17.8. The van der Waals surface area contributed by atoms with Gasteiger partial charge < -0.3 is 14.2 Å². The van der Waals surface area contributed by atoms with Crippen LogP contribution < -0.4 is 14.2 Å². The summed E-state index contributed by atoms with van der Waals surface area (Å²) in [5.74, 6) is 1.84. The molecule has 0 saturated carbocycles. The van der Waals surface area contributed by atoms with E-state index in [1.165, 1.54) is 116 Å². The van der Waals surface area contributed by atoms with E-state index in [1.54, 1.807) is 19.2 Å². The lowest BCUT2D eigenvalue weighted by Gasteiger charge is -2.15. The molecular weight excluding hydrogens is 448 g/mol. The molecule has 0 fully saturated rings. The van der Waals surface area contributed by atoms with Crippen LogP contribution in [0.4, 0.5) is 0 Å². The third kappa shape index (κ3) is 16.1. The molecule has 0 aliphatic heterocycles. The molecule has 1 aromatic rings. The number of methoxy groups -OCH3 is 1. The van der Waals surface area contributed by atoms with Gasteiger partial charge in [0.2, 0.25) is 0 Å². The molecule has 0 heterocycles. The monoisotopic (exact) mass is 504 g/mol. The number of unbranched alkanes of at least 4 members (excludes halogenated alkanes) is 18. The second-order valence-electron chi connectivity index (χ2n) is 10.2. The molecule has 0 aliphatic carbocycles. The zero-order valence-corrected chi connectivity index (χ0v) is 23.9. The predicted octanol–water partition coefficient (Wildman–Crippen LogP) is 10.1. The minimum absolute atomic E-state index is 0.529. The Labute approximate surface area is 222 Å². The maximum atomic E-state index is 11.7. The normalized spacial score (nSPS) is 11.0. The van der Waals surface area contributed by atoms with E-state index in [0.717, 1.165) is 19.1 Å². The summed E-state index contributed by atoms with van der Waals surface area (Å²) in [5.41, 5.74) is 0.529. The molecule has 0 radical (unpaired) electrons. The number of benzene rings is 1. The van der Waals surface area contributed by atoms with Gasteiger partial charge in [0.1, 0.15) is 5.75 Å². The van der Waals surface area contributed by atoms with Gasteiger partial charge in [-0.15, -0.1) is 0 Å². The molecule has 0 spiro atoms. The lowest BCUT2D eigenvalue weighted by molar-refractivity contribution is 0.111. The average Bonchev–Trinajstić information content (AvgIpc) is 2.90. The smallest absolute Gasteiger partial charge is 0.164 e. The molecule has 0 N–H and O–H groups in total. The zero-order chi connectivity index (χ0) is 26.1. The van der Waals surface area contributed by atoms with Crippen molar-refractivity contribution in [2.45, 2.75) is 142 Å². The van der Waals surface area contributed by atoms with E-state index in [2.05, 4.69) is 13.8 Å². The number of rotatable bonds is 26. The molecule has 1 aromatic carbocycles. The van der Waals surface area contributed by atoms with Gasteiger partial charge in [0, 0.05) is 6.07 Å². The Morgan fingerprint density at radius 3 is 1.31 bits per heavy atom. The van der Waals surface area contributed by atoms with Crippen molar-refractivity contribution in [2.75, 3.05) is 20.3 Å². The summed E-state index contributed by atoms with van der Waals surface area (Å²) in [5, 5.41) is 0. The van der Waals surface area contributed by atoms with Crippen LogP contribution in [-0.2, 0) is 0 Å². The van der Waals surface area contributed by atoms with Gasteiger partial charge in [-0.1, -0.05) is 129 Å². The average molecular weight is 505 g/mol. The molecule has 208 valence electrons. The van der Waals surface area contributed by atoms with Gasteiger partial charge in [0.05, 0.1) is 25.9 Å². The SMILES string of the molecule is CCCCCCCCCCCCOc1cc(OC)c(OCCCCCCCCCCCC)cc1C=O. The van der Waals surface area contributed by atoms with Gasteiger partial charge in [-0.05, 0) is 18.9 Å². The topological polar surface area (TPSA) is 44.8 Å². The molecule has 1 rings (SSSR count). The number of carbonyl (C=O) groups excluding carboxylic acids is 1. The molecule has 0 bridgehead atoms. The van der Waals surface area contributed by atoms with Gasteiger partial charge in [0.15, 0.2) is 17.8 Å². The highest BCUT2D eigenvalue weighted by molar-refractivity contribution is 5.81. The van der Waals surface area contributed by atoms with E-state index >= 15 is 0 Å². The standard InChI is InChI=1S/C32H56O4/c1-4-6-8-10-12-14-16-18-20-22-24-35-30-27-31(34-3)32(26-29(30)28-33)36-25-23-21-19-17-15-13-11-9-7-5-2/h26-28H,4-25H2,1-3H3. The fourth-order valence-corrected chi connectivity index (χ4v) is 4.59. The van der Waals surface area contributed by atoms with Crippen molar-refractivity contribution in [1.29, 1.82) is 0 Å². The first kappa shape index (κ1) is 32.3. The van der Waals surface area contributed by atoms with Crippen molar-refractivity contribution in [3.8, 4) is 17.2 Å². The Morgan fingerprint density at radius 1 is 0.528 bits per heavy atom. The fraction of sp³-hybridized carbons (Fsp3) is 0.781. The summed E-state index contributed by atoms with van der Waals surface area (Å²) in [4.78, 5) is 11.7. The summed E-state index contributed by atoms with van der Waals surface area (Å²) in [6, 6.07) is 3.56. The predicted molar refractivity (Wildman–Crippen MR) is 153 cm³/mol. The van der Waals surface area contributed by atoms with Crippen molar-refractivity contribution in [1.82, 2.24) is 0 Å². The quantitative estimate of drug-likeness (QED) is 0.0929. The van der Waals surface area contributed by atoms with Crippen LogP contribution in [0.25, 0.3) is 0 Å². The largest absolute Gasteiger partial charge is 0.493 e. The molecule has 0 saturated heterocycles. The number of carbonyl (C=O) groups is 1. The molecule has 0 unspecified atom stereocenters. The van der Waals surface area contributed by atoms with Crippen LogP contribution >= 0.6 is 0 Å². The molecule has 0 amide bonds. The Balaban J connectivity index is 2.24. The lowest BCUT2D eigenvalue weighted by atomic mass is 10.1. The summed E-state index contributed by atoms with van der Waals surface area (Å²) in [6.07, 6.45) is 26.7. The maximum Gasteiger partial charge on any atom is 0.164 e. The highest BCUT2D eigenvalue weighted by atomic mass is 16.5. The summed E-state index contributed by atoms with van der Waals surface area (Å²) in [7, 11) is 1.63. The molecule has 0 aliphatic rings. The van der Waals surface area contributed by atoms with Crippen molar-refractivity contribution in [3.05, 3.63) is 17.7 Å². The van der Waals surface area contributed by atoms with Gasteiger partial charge in [-0.2, -0.15) is 0 Å². The zero-order valence-electron chi connectivity index (χ0n) is 23.9. The van der Waals surface area contributed by atoms with Gasteiger partial charge in [-0.3, -0.25) is 4.79 Å². The van der Waals surface area contributed by atoms with Crippen molar-refractivity contribution in [3.63, 3.8) is 0 Å². The molecule has 4 nitrogen and oxygen atoms in total. The minimum Gasteiger partial charge on any atom is -0.493 e. The molecular formula is C32H56O4. The summed E-state index contributed by atoms with van der Waals surface area (Å²) < 4.78 is 17.4. The number of hydrogen-bond donors (Lipinski definition) is 0. The number of ether oxygens (including phenoxy) is 3.